The van der Waals surface area contributed by atoms with Crippen LogP contribution in [0.1, 0.15) is 30.8 Å². The van der Waals surface area contributed by atoms with Gasteiger partial charge in [-0.15, -0.1) is 0 Å². The summed E-state index contributed by atoms with van der Waals surface area (Å²) in [6.45, 7) is 2.93. The molecule has 0 bridgehead atoms. The maximum Gasteiger partial charge on any atom is 0.155 e. The molecule has 1 saturated heterocycles. The third-order valence-electron chi connectivity index (χ3n) is 3.28. The Labute approximate surface area is 101 Å². The van der Waals surface area contributed by atoms with Crippen LogP contribution in [0.4, 0.5) is 0 Å². The number of rotatable bonds is 2. The van der Waals surface area contributed by atoms with Crippen LogP contribution in [0.25, 0.3) is 5.65 Å². The molecule has 1 atom stereocenters. The molecule has 0 aromatic carbocycles. The molecule has 0 spiro atoms. The van der Waals surface area contributed by atoms with Crippen molar-refractivity contribution >= 4 is 5.65 Å². The van der Waals surface area contributed by atoms with E-state index in [0.29, 0.717) is 6.10 Å². The van der Waals surface area contributed by atoms with Crippen LogP contribution < -0.4 is 0 Å². The minimum Gasteiger partial charge on any atom is -0.378 e. The van der Waals surface area contributed by atoms with Crippen LogP contribution in [0.3, 0.4) is 0 Å². The number of nitrogens with zero attached hydrogens (tertiary/aromatic N) is 3. The van der Waals surface area contributed by atoms with Crippen molar-refractivity contribution < 1.29 is 4.74 Å². The standard InChI is InChI=1S/C13H17N3O/c1-10-5-4-7-13-14-12(15-16(10)13)9-11-6-2-3-8-17-11/h4-5,7,11H,2-3,6,8-9H2,1H3. The van der Waals surface area contributed by atoms with Gasteiger partial charge >= 0.3 is 0 Å². The second kappa shape index (κ2) is 4.45. The summed E-state index contributed by atoms with van der Waals surface area (Å²) in [5.41, 5.74) is 2.04. The van der Waals surface area contributed by atoms with Gasteiger partial charge in [0.2, 0.25) is 0 Å². The molecule has 4 heteroatoms. The van der Waals surface area contributed by atoms with Gasteiger partial charge in [0.15, 0.2) is 11.5 Å². The molecule has 0 aliphatic carbocycles. The first kappa shape index (κ1) is 10.7. The summed E-state index contributed by atoms with van der Waals surface area (Å²) in [6, 6.07) is 6.05. The molecule has 0 N–H and O–H groups in total. The van der Waals surface area contributed by atoms with Crippen molar-refractivity contribution in [3.05, 3.63) is 29.7 Å². The number of hydrogen-bond donors (Lipinski definition) is 0. The summed E-state index contributed by atoms with van der Waals surface area (Å²) < 4.78 is 7.62. The fourth-order valence-corrected chi connectivity index (χ4v) is 2.34. The Morgan fingerprint density at radius 3 is 3.12 bits per heavy atom. The second-order valence-electron chi connectivity index (χ2n) is 4.66. The average Bonchev–Trinajstić information content (AvgIpc) is 2.74. The van der Waals surface area contributed by atoms with Crippen LogP contribution in [0.5, 0.6) is 0 Å². The van der Waals surface area contributed by atoms with Crippen molar-refractivity contribution in [1.82, 2.24) is 14.6 Å². The molecule has 17 heavy (non-hydrogen) atoms. The SMILES string of the molecule is Cc1cccc2nc(CC3CCCCO3)nn12. The molecule has 1 aliphatic rings. The van der Waals surface area contributed by atoms with Gasteiger partial charge in [-0.25, -0.2) is 9.50 Å². The fourth-order valence-electron chi connectivity index (χ4n) is 2.34. The molecule has 0 amide bonds. The van der Waals surface area contributed by atoms with Gasteiger partial charge < -0.3 is 4.74 Å². The minimum atomic E-state index is 0.307. The smallest absolute Gasteiger partial charge is 0.155 e. The summed E-state index contributed by atoms with van der Waals surface area (Å²) in [5, 5.41) is 4.53. The highest BCUT2D eigenvalue weighted by Gasteiger charge is 2.17. The van der Waals surface area contributed by atoms with E-state index in [1.54, 1.807) is 0 Å². The summed E-state index contributed by atoms with van der Waals surface area (Å²) in [5.74, 6) is 0.895. The lowest BCUT2D eigenvalue weighted by molar-refractivity contribution is 0.0157. The lowest BCUT2D eigenvalue weighted by Gasteiger charge is -2.20. The molecule has 3 heterocycles. The molecule has 2 aromatic heterocycles. The molecular weight excluding hydrogens is 214 g/mol. The molecule has 1 aliphatic heterocycles. The first-order valence-electron chi connectivity index (χ1n) is 6.26. The Bertz CT molecular complexity index is 514. The van der Waals surface area contributed by atoms with E-state index in [-0.39, 0.29) is 0 Å². The molecule has 1 fully saturated rings. The molecule has 4 nitrogen and oxygen atoms in total. The number of fused-ring (bicyclic) bond motifs is 1. The quantitative estimate of drug-likeness (QED) is 0.795. The van der Waals surface area contributed by atoms with Gasteiger partial charge in [0, 0.05) is 18.7 Å². The fraction of sp³-hybridized carbons (Fsp3) is 0.538. The van der Waals surface area contributed by atoms with Gasteiger partial charge in [-0.1, -0.05) is 6.07 Å². The summed E-state index contributed by atoms with van der Waals surface area (Å²) in [6.07, 6.45) is 4.72. The first-order valence-corrected chi connectivity index (χ1v) is 6.26. The van der Waals surface area contributed by atoms with E-state index in [1.807, 2.05) is 29.6 Å². The van der Waals surface area contributed by atoms with Crippen molar-refractivity contribution in [3.63, 3.8) is 0 Å². The second-order valence-corrected chi connectivity index (χ2v) is 4.66. The highest BCUT2D eigenvalue weighted by molar-refractivity contribution is 5.38. The van der Waals surface area contributed by atoms with Crippen LogP contribution in [0.2, 0.25) is 0 Å². The van der Waals surface area contributed by atoms with Crippen LogP contribution in [-0.4, -0.2) is 27.3 Å². The molecule has 1 unspecified atom stereocenters. The lowest BCUT2D eigenvalue weighted by atomic mass is 10.1. The number of aromatic nitrogens is 3. The minimum absolute atomic E-state index is 0.307. The summed E-state index contributed by atoms with van der Waals surface area (Å²) >= 11 is 0. The van der Waals surface area contributed by atoms with Crippen molar-refractivity contribution in [2.75, 3.05) is 6.61 Å². The Kier molecular flexibility index (Phi) is 2.81. The van der Waals surface area contributed by atoms with Crippen LogP contribution in [0, 0.1) is 6.92 Å². The number of hydrogen-bond acceptors (Lipinski definition) is 3. The third kappa shape index (κ3) is 2.17. The predicted octanol–water partition coefficient (Wildman–Crippen LogP) is 2.15. The molecule has 3 rings (SSSR count). The van der Waals surface area contributed by atoms with Gasteiger partial charge in [0.25, 0.3) is 0 Å². The topological polar surface area (TPSA) is 39.4 Å². The zero-order valence-corrected chi connectivity index (χ0v) is 10.1. The normalized spacial score (nSPS) is 20.9. The van der Waals surface area contributed by atoms with Crippen LogP contribution in [-0.2, 0) is 11.2 Å². The molecule has 0 saturated carbocycles. The van der Waals surface area contributed by atoms with Crippen LogP contribution in [0.15, 0.2) is 18.2 Å². The van der Waals surface area contributed by atoms with E-state index >= 15 is 0 Å². The Morgan fingerprint density at radius 2 is 2.35 bits per heavy atom. The lowest BCUT2D eigenvalue weighted by Crippen LogP contribution is -2.21. The molecule has 0 radical (unpaired) electrons. The molecular formula is C13H17N3O. The molecule has 90 valence electrons. The third-order valence-corrected chi connectivity index (χ3v) is 3.28. The van der Waals surface area contributed by atoms with E-state index in [4.69, 9.17) is 4.74 Å². The van der Waals surface area contributed by atoms with Gasteiger partial charge in [0.05, 0.1) is 6.10 Å². The average molecular weight is 231 g/mol. The molecule has 2 aromatic rings. The zero-order chi connectivity index (χ0) is 11.7. The van der Waals surface area contributed by atoms with E-state index in [0.717, 1.165) is 36.6 Å². The summed E-state index contributed by atoms with van der Waals surface area (Å²) in [4.78, 5) is 4.54. The van der Waals surface area contributed by atoms with E-state index < -0.39 is 0 Å². The largest absolute Gasteiger partial charge is 0.378 e. The maximum absolute atomic E-state index is 5.72. The Hall–Kier alpha value is -1.42. The van der Waals surface area contributed by atoms with Crippen molar-refractivity contribution in [3.8, 4) is 0 Å². The van der Waals surface area contributed by atoms with E-state index in [2.05, 4.69) is 10.1 Å². The van der Waals surface area contributed by atoms with Gasteiger partial charge in [-0.3, -0.25) is 0 Å². The van der Waals surface area contributed by atoms with Gasteiger partial charge in [-0.2, -0.15) is 5.10 Å². The van der Waals surface area contributed by atoms with Crippen molar-refractivity contribution in [1.29, 1.82) is 0 Å². The Morgan fingerprint density at radius 1 is 1.41 bits per heavy atom. The zero-order valence-electron chi connectivity index (χ0n) is 10.1. The van der Waals surface area contributed by atoms with Gasteiger partial charge in [0.1, 0.15) is 0 Å². The maximum atomic E-state index is 5.72. The number of aryl methyl sites for hydroxylation is 1. The summed E-state index contributed by atoms with van der Waals surface area (Å²) in [7, 11) is 0. The van der Waals surface area contributed by atoms with E-state index in [1.165, 1.54) is 12.8 Å². The van der Waals surface area contributed by atoms with Crippen molar-refractivity contribution in [2.45, 2.75) is 38.7 Å². The van der Waals surface area contributed by atoms with Crippen LogP contribution >= 0.6 is 0 Å². The predicted molar refractivity (Wildman–Crippen MR) is 65.0 cm³/mol. The number of ether oxygens (including phenoxy) is 1. The number of pyridine rings is 1. The Balaban J connectivity index is 1.83. The highest BCUT2D eigenvalue weighted by Crippen LogP contribution is 2.16. The first-order chi connectivity index (χ1) is 8.33. The van der Waals surface area contributed by atoms with Crippen molar-refractivity contribution in [2.24, 2.45) is 0 Å². The van der Waals surface area contributed by atoms with E-state index in [9.17, 15) is 0 Å². The monoisotopic (exact) mass is 231 g/mol. The highest BCUT2D eigenvalue weighted by atomic mass is 16.5. The van der Waals surface area contributed by atoms with Gasteiger partial charge in [-0.05, 0) is 38.3 Å².